The highest BCUT2D eigenvalue weighted by Crippen LogP contribution is 2.46. The van der Waals surface area contributed by atoms with Crippen molar-refractivity contribution in [2.45, 2.75) is 65.4 Å². The lowest BCUT2D eigenvalue weighted by atomic mass is 9.65. The Kier molecular flexibility index (Phi) is 3.99. The Bertz CT molecular complexity index is 226. The van der Waals surface area contributed by atoms with Crippen molar-refractivity contribution in [2.75, 3.05) is 0 Å². The summed E-state index contributed by atoms with van der Waals surface area (Å²) in [5, 5.41) is 10.1. The van der Waals surface area contributed by atoms with Gasteiger partial charge in [0.05, 0.1) is 6.10 Å². The van der Waals surface area contributed by atoms with E-state index in [-0.39, 0.29) is 30.1 Å². The number of hydrogen-bond donors (Lipinski definition) is 1. The molecule has 0 aromatic rings. The van der Waals surface area contributed by atoms with Crippen molar-refractivity contribution in [3.8, 4) is 0 Å². The zero-order valence-electron chi connectivity index (χ0n) is 10.8. The van der Waals surface area contributed by atoms with Crippen LogP contribution in [-0.2, 0) is 0 Å². The lowest BCUT2D eigenvalue weighted by Gasteiger charge is -2.43. The van der Waals surface area contributed by atoms with Crippen LogP contribution in [0.15, 0.2) is 0 Å². The van der Waals surface area contributed by atoms with Gasteiger partial charge in [0.25, 0.3) is 0 Å². The summed E-state index contributed by atoms with van der Waals surface area (Å²) in [5.41, 5.74) is -0.259. The lowest BCUT2D eigenvalue weighted by molar-refractivity contribution is -0.0893. The van der Waals surface area contributed by atoms with E-state index in [0.29, 0.717) is 12.8 Å². The Morgan fingerprint density at radius 3 is 2.00 bits per heavy atom. The number of hydrogen-bond acceptors (Lipinski definition) is 1. The van der Waals surface area contributed by atoms with E-state index in [9.17, 15) is 13.9 Å². The predicted octanol–water partition coefficient (Wildman–Crippen LogP) is 3.86. The van der Waals surface area contributed by atoms with E-state index in [1.54, 1.807) is 0 Å². The molecule has 0 aliphatic heterocycles. The molecule has 1 aliphatic rings. The molecule has 1 N–H and O–H groups in total. The number of aliphatic hydroxyl groups excluding tert-OH is 1. The van der Waals surface area contributed by atoms with Gasteiger partial charge in [-0.05, 0) is 30.1 Å². The van der Waals surface area contributed by atoms with Crippen molar-refractivity contribution in [3.05, 3.63) is 0 Å². The molecule has 0 heterocycles. The standard InChI is InChI=1S/C13H24F2O/c1-9(2)11(16)12(3,4)10-5-7-13(14,15)8-6-10/h9-11,16H,5-8H2,1-4H3. The Balaban J connectivity index is 2.64. The first-order valence-corrected chi connectivity index (χ1v) is 6.23. The third-order valence-electron chi connectivity index (χ3n) is 4.16. The van der Waals surface area contributed by atoms with Crippen molar-refractivity contribution in [2.24, 2.45) is 17.3 Å². The largest absolute Gasteiger partial charge is 0.392 e. The monoisotopic (exact) mass is 234 g/mol. The summed E-state index contributed by atoms with van der Waals surface area (Å²) in [4.78, 5) is 0. The van der Waals surface area contributed by atoms with Crippen molar-refractivity contribution in [1.29, 1.82) is 0 Å². The van der Waals surface area contributed by atoms with Crippen LogP contribution in [0.3, 0.4) is 0 Å². The summed E-state index contributed by atoms with van der Waals surface area (Å²) in [6.45, 7) is 7.96. The molecule has 0 radical (unpaired) electrons. The van der Waals surface area contributed by atoms with Gasteiger partial charge in [0.15, 0.2) is 0 Å². The highest BCUT2D eigenvalue weighted by molar-refractivity contribution is 4.90. The minimum Gasteiger partial charge on any atom is -0.392 e. The quantitative estimate of drug-likeness (QED) is 0.786. The van der Waals surface area contributed by atoms with Crippen LogP contribution < -0.4 is 0 Å². The van der Waals surface area contributed by atoms with Gasteiger partial charge in [-0.25, -0.2) is 8.78 Å². The summed E-state index contributed by atoms with van der Waals surface area (Å²) in [6, 6.07) is 0. The maximum atomic E-state index is 13.1. The van der Waals surface area contributed by atoms with Crippen LogP contribution in [0.25, 0.3) is 0 Å². The van der Waals surface area contributed by atoms with Gasteiger partial charge in [-0.3, -0.25) is 0 Å². The van der Waals surface area contributed by atoms with E-state index in [1.807, 2.05) is 27.7 Å². The highest BCUT2D eigenvalue weighted by atomic mass is 19.3. The zero-order valence-corrected chi connectivity index (χ0v) is 10.8. The number of rotatable bonds is 3. The Morgan fingerprint density at radius 2 is 1.62 bits per heavy atom. The van der Waals surface area contributed by atoms with E-state index in [0.717, 1.165) is 0 Å². The van der Waals surface area contributed by atoms with Gasteiger partial charge in [-0.15, -0.1) is 0 Å². The summed E-state index contributed by atoms with van der Waals surface area (Å²) in [5.74, 6) is -2.09. The van der Waals surface area contributed by atoms with Crippen LogP contribution in [-0.4, -0.2) is 17.1 Å². The van der Waals surface area contributed by atoms with Crippen LogP contribution in [0.5, 0.6) is 0 Å². The first-order valence-electron chi connectivity index (χ1n) is 6.23. The Labute approximate surface area is 97.2 Å². The van der Waals surface area contributed by atoms with Gasteiger partial charge < -0.3 is 5.11 Å². The molecule has 0 saturated heterocycles. The molecular weight excluding hydrogens is 210 g/mol. The minimum absolute atomic E-state index is 0.0219. The summed E-state index contributed by atoms with van der Waals surface area (Å²) in [7, 11) is 0. The van der Waals surface area contributed by atoms with Gasteiger partial charge in [0.1, 0.15) is 0 Å². The van der Waals surface area contributed by atoms with Gasteiger partial charge in [-0.2, -0.15) is 0 Å². The molecule has 3 heteroatoms. The molecule has 0 aromatic carbocycles. The fourth-order valence-electron chi connectivity index (χ4n) is 2.88. The van der Waals surface area contributed by atoms with Gasteiger partial charge in [-0.1, -0.05) is 27.7 Å². The second-order valence-electron chi connectivity index (χ2n) is 6.14. The predicted molar refractivity (Wildman–Crippen MR) is 61.5 cm³/mol. The molecule has 96 valence electrons. The summed E-state index contributed by atoms with van der Waals surface area (Å²) in [6.07, 6.45) is 0.606. The maximum Gasteiger partial charge on any atom is 0.248 e. The molecule has 1 nitrogen and oxygen atoms in total. The van der Waals surface area contributed by atoms with Crippen LogP contribution >= 0.6 is 0 Å². The third-order valence-corrected chi connectivity index (χ3v) is 4.16. The molecule has 1 fully saturated rings. The summed E-state index contributed by atoms with van der Waals surface area (Å²) >= 11 is 0. The van der Waals surface area contributed by atoms with Crippen LogP contribution in [0.1, 0.15) is 53.4 Å². The Morgan fingerprint density at radius 1 is 1.19 bits per heavy atom. The van der Waals surface area contributed by atoms with E-state index >= 15 is 0 Å². The highest BCUT2D eigenvalue weighted by Gasteiger charge is 2.43. The average Bonchev–Trinajstić information content (AvgIpc) is 2.15. The molecule has 0 amide bonds. The molecule has 16 heavy (non-hydrogen) atoms. The van der Waals surface area contributed by atoms with E-state index in [2.05, 4.69) is 0 Å². The second kappa shape index (κ2) is 4.59. The van der Waals surface area contributed by atoms with Crippen molar-refractivity contribution >= 4 is 0 Å². The first kappa shape index (κ1) is 13.9. The normalized spacial score (nSPS) is 24.8. The maximum absolute atomic E-state index is 13.1. The van der Waals surface area contributed by atoms with Crippen LogP contribution in [0.2, 0.25) is 0 Å². The average molecular weight is 234 g/mol. The lowest BCUT2D eigenvalue weighted by Crippen LogP contribution is -2.42. The third kappa shape index (κ3) is 2.93. The SMILES string of the molecule is CC(C)C(O)C(C)(C)C1CCC(F)(F)CC1. The molecule has 0 aromatic heterocycles. The molecule has 1 unspecified atom stereocenters. The number of halogens is 2. The molecule has 1 rings (SSSR count). The first-order chi connectivity index (χ1) is 7.17. The number of aliphatic hydroxyl groups is 1. The fourth-order valence-corrected chi connectivity index (χ4v) is 2.88. The van der Waals surface area contributed by atoms with Gasteiger partial charge in [0, 0.05) is 12.8 Å². The van der Waals surface area contributed by atoms with Gasteiger partial charge in [0.2, 0.25) is 5.92 Å². The smallest absolute Gasteiger partial charge is 0.248 e. The van der Waals surface area contributed by atoms with Gasteiger partial charge >= 0.3 is 0 Å². The molecular formula is C13H24F2O. The van der Waals surface area contributed by atoms with Crippen LogP contribution in [0.4, 0.5) is 8.78 Å². The van der Waals surface area contributed by atoms with E-state index < -0.39 is 12.0 Å². The molecule has 1 atom stereocenters. The molecule has 1 aliphatic carbocycles. The second-order valence-corrected chi connectivity index (χ2v) is 6.14. The van der Waals surface area contributed by atoms with E-state index in [1.165, 1.54) is 0 Å². The van der Waals surface area contributed by atoms with Crippen molar-refractivity contribution in [1.82, 2.24) is 0 Å². The summed E-state index contributed by atoms with van der Waals surface area (Å²) < 4.78 is 26.1. The van der Waals surface area contributed by atoms with E-state index in [4.69, 9.17) is 0 Å². The van der Waals surface area contributed by atoms with Crippen molar-refractivity contribution in [3.63, 3.8) is 0 Å². The van der Waals surface area contributed by atoms with Crippen LogP contribution in [0, 0.1) is 17.3 Å². The molecule has 0 spiro atoms. The fraction of sp³-hybridized carbons (Fsp3) is 1.00. The number of alkyl halides is 2. The molecule has 1 saturated carbocycles. The topological polar surface area (TPSA) is 20.2 Å². The Hall–Kier alpha value is -0.180. The zero-order chi connectivity index (χ0) is 12.6. The molecule has 0 bridgehead atoms. The minimum atomic E-state index is -2.48. The van der Waals surface area contributed by atoms with Crippen molar-refractivity contribution < 1.29 is 13.9 Å².